The average Bonchev–Trinajstić information content (AvgIpc) is 3.05. The van der Waals surface area contributed by atoms with E-state index in [9.17, 15) is 24.0 Å². The number of nitrogens with zero attached hydrogens (tertiary/aromatic N) is 2. The number of benzene rings is 2. The Morgan fingerprint density at radius 3 is 2.37 bits per heavy atom. The average molecular weight is 524 g/mol. The molecule has 0 aliphatic carbocycles. The number of imide groups is 1. The van der Waals surface area contributed by atoms with Crippen molar-refractivity contribution in [2.75, 3.05) is 31.2 Å². The second-order valence-electron chi connectivity index (χ2n) is 8.75. The van der Waals surface area contributed by atoms with Gasteiger partial charge in [0.05, 0.1) is 36.4 Å². The van der Waals surface area contributed by atoms with Crippen LogP contribution in [0.25, 0.3) is 0 Å². The van der Waals surface area contributed by atoms with Crippen LogP contribution in [0.1, 0.15) is 53.3 Å². The highest BCUT2D eigenvalue weighted by Crippen LogP contribution is 2.30. The molecule has 11 heteroatoms. The predicted octanol–water partition coefficient (Wildman–Crippen LogP) is 2.25. The summed E-state index contributed by atoms with van der Waals surface area (Å²) in [5.41, 5.74) is 3.69. The molecular formula is C27H29N3O8. The van der Waals surface area contributed by atoms with Gasteiger partial charge >= 0.3 is 11.9 Å². The first-order valence-corrected chi connectivity index (χ1v) is 12.5. The van der Waals surface area contributed by atoms with E-state index in [4.69, 9.17) is 14.3 Å². The molecule has 2 aromatic carbocycles. The summed E-state index contributed by atoms with van der Waals surface area (Å²) in [5, 5.41) is 0. The highest BCUT2D eigenvalue weighted by atomic mass is 16.7. The summed E-state index contributed by atoms with van der Waals surface area (Å²) in [6, 6.07) is 12.6. The second-order valence-corrected chi connectivity index (χ2v) is 8.75. The second kappa shape index (κ2) is 12.3. The molecule has 0 spiro atoms. The molecule has 2 aromatic rings. The van der Waals surface area contributed by atoms with Crippen LogP contribution in [0, 0.1) is 0 Å². The van der Waals surface area contributed by atoms with Crippen LogP contribution in [0.15, 0.2) is 48.5 Å². The lowest BCUT2D eigenvalue weighted by atomic mass is 10.1. The van der Waals surface area contributed by atoms with E-state index >= 15 is 0 Å². The van der Waals surface area contributed by atoms with Crippen molar-refractivity contribution >= 4 is 35.3 Å². The van der Waals surface area contributed by atoms with Crippen LogP contribution in [0.3, 0.4) is 0 Å². The van der Waals surface area contributed by atoms with E-state index < -0.39 is 18.0 Å². The van der Waals surface area contributed by atoms with Crippen molar-refractivity contribution in [1.29, 1.82) is 0 Å². The third-order valence-electron chi connectivity index (χ3n) is 6.21. The van der Waals surface area contributed by atoms with Crippen LogP contribution >= 0.6 is 0 Å². The Bertz CT molecular complexity index is 1200. The number of hydrogen-bond acceptors (Lipinski definition) is 9. The molecule has 2 aliphatic heterocycles. The summed E-state index contributed by atoms with van der Waals surface area (Å²) < 4.78 is 10.7. The van der Waals surface area contributed by atoms with E-state index in [2.05, 4.69) is 5.48 Å². The zero-order valence-corrected chi connectivity index (χ0v) is 21.0. The number of ether oxygens (including phenoxy) is 2. The van der Waals surface area contributed by atoms with Gasteiger partial charge in [0.1, 0.15) is 18.3 Å². The van der Waals surface area contributed by atoms with Crippen molar-refractivity contribution in [2.45, 2.75) is 38.6 Å². The van der Waals surface area contributed by atoms with Crippen molar-refractivity contribution in [1.82, 2.24) is 10.4 Å². The minimum atomic E-state index is -0.962. The zero-order chi connectivity index (χ0) is 27.1. The van der Waals surface area contributed by atoms with Gasteiger partial charge in [0.15, 0.2) is 0 Å². The largest absolute Gasteiger partial charge is 0.491 e. The molecule has 200 valence electrons. The molecule has 0 saturated carbocycles. The van der Waals surface area contributed by atoms with Gasteiger partial charge in [-0.1, -0.05) is 24.3 Å². The van der Waals surface area contributed by atoms with Gasteiger partial charge in [0.2, 0.25) is 5.91 Å². The Kier molecular flexibility index (Phi) is 8.70. The van der Waals surface area contributed by atoms with Crippen LogP contribution in [0.2, 0.25) is 0 Å². The Hall–Kier alpha value is -4.25. The quantitative estimate of drug-likeness (QED) is 0.204. The number of hydrogen-bond donors (Lipinski definition) is 1. The minimum Gasteiger partial charge on any atom is -0.491 e. The van der Waals surface area contributed by atoms with Crippen molar-refractivity contribution in [3.8, 4) is 5.75 Å². The number of para-hydroxylation sites is 2. The number of unbranched alkanes of at least 4 members (excludes halogenated alkanes) is 1. The van der Waals surface area contributed by atoms with Crippen LogP contribution in [0.4, 0.5) is 5.69 Å². The maximum Gasteiger partial charge on any atom is 0.344 e. The lowest BCUT2D eigenvalue weighted by molar-refractivity contribution is -0.159. The third kappa shape index (κ3) is 6.00. The number of nitrogens with one attached hydrogen (secondary N) is 1. The van der Waals surface area contributed by atoms with Crippen molar-refractivity contribution < 1.29 is 38.3 Å². The minimum absolute atomic E-state index is 0.105. The maximum absolute atomic E-state index is 12.6. The number of anilines is 1. The molecule has 1 N–H and O–H groups in total. The first kappa shape index (κ1) is 26.8. The highest BCUT2D eigenvalue weighted by molar-refractivity contribution is 6.21. The number of carbonyl (C=O) groups excluding carboxylic acids is 5. The van der Waals surface area contributed by atoms with Crippen molar-refractivity contribution in [2.24, 2.45) is 0 Å². The summed E-state index contributed by atoms with van der Waals surface area (Å²) in [5.74, 6) is -1.85. The molecule has 2 aliphatic rings. The molecule has 3 amide bonds. The molecule has 4 rings (SSSR count). The predicted molar refractivity (Wildman–Crippen MR) is 134 cm³/mol. The molecule has 0 bridgehead atoms. The fraction of sp³-hybridized carbons (Fsp3) is 0.370. The molecule has 38 heavy (non-hydrogen) atoms. The van der Waals surface area contributed by atoms with Crippen LogP contribution < -0.4 is 15.1 Å². The highest BCUT2D eigenvalue weighted by Gasteiger charge is 2.34. The van der Waals surface area contributed by atoms with Crippen molar-refractivity contribution in [3.05, 3.63) is 59.7 Å². The van der Waals surface area contributed by atoms with Gasteiger partial charge in [-0.3, -0.25) is 29.0 Å². The zero-order valence-electron chi connectivity index (χ0n) is 21.0. The van der Waals surface area contributed by atoms with Gasteiger partial charge in [-0.05, 0) is 50.5 Å². The van der Waals surface area contributed by atoms with Gasteiger partial charge in [-0.25, -0.2) is 4.79 Å². The van der Waals surface area contributed by atoms with Crippen molar-refractivity contribution in [3.63, 3.8) is 0 Å². The SMILES string of the molecule is CCOC(=O)[C@H](CCCCN1C(=O)c2ccccc2C1=O)NOC(=O)CN1C(=O)CCOc2ccccc21. The number of hydroxylamine groups is 1. The Balaban J connectivity index is 1.29. The normalized spacial score (nSPS) is 15.3. The Morgan fingerprint density at radius 1 is 0.974 bits per heavy atom. The van der Waals surface area contributed by atoms with Gasteiger partial charge in [0, 0.05) is 6.54 Å². The maximum atomic E-state index is 12.6. The molecule has 0 radical (unpaired) electrons. The molecule has 2 heterocycles. The fourth-order valence-electron chi connectivity index (χ4n) is 4.32. The smallest absolute Gasteiger partial charge is 0.344 e. The summed E-state index contributed by atoms with van der Waals surface area (Å²) in [6.07, 6.45) is 1.22. The van der Waals surface area contributed by atoms with E-state index in [1.165, 1.54) is 9.80 Å². The fourth-order valence-corrected chi connectivity index (χ4v) is 4.32. The molecular weight excluding hydrogens is 494 g/mol. The van der Waals surface area contributed by atoms with E-state index in [0.29, 0.717) is 35.4 Å². The lowest BCUT2D eigenvalue weighted by Gasteiger charge is -2.22. The summed E-state index contributed by atoms with van der Waals surface area (Å²) in [7, 11) is 0. The Morgan fingerprint density at radius 2 is 1.66 bits per heavy atom. The third-order valence-corrected chi connectivity index (χ3v) is 6.21. The first-order chi connectivity index (χ1) is 18.4. The number of rotatable bonds is 11. The molecule has 0 aromatic heterocycles. The molecule has 0 unspecified atom stereocenters. The number of esters is 1. The summed E-state index contributed by atoms with van der Waals surface area (Å²) >= 11 is 0. The summed E-state index contributed by atoms with van der Waals surface area (Å²) in [4.78, 5) is 70.2. The van der Waals surface area contributed by atoms with E-state index in [1.54, 1.807) is 55.5 Å². The lowest BCUT2D eigenvalue weighted by Crippen LogP contribution is -2.43. The Labute approximate surface area is 219 Å². The standard InChI is InChI=1S/C27H29N3O8/c1-2-36-27(35)20(11-7-8-15-29-25(33)18-9-3-4-10-19(18)26(29)34)28-38-24(32)17-30-21-12-5-6-13-22(21)37-16-14-23(30)31/h3-6,9-10,12-13,20,28H,2,7-8,11,14-17H2,1H3/t20-/m0/s1. The van der Waals surface area contributed by atoms with E-state index in [0.717, 1.165) is 0 Å². The van der Waals surface area contributed by atoms with Gasteiger partial charge in [-0.15, -0.1) is 5.48 Å². The van der Waals surface area contributed by atoms with Gasteiger partial charge in [-0.2, -0.15) is 0 Å². The number of fused-ring (bicyclic) bond motifs is 2. The van der Waals surface area contributed by atoms with E-state index in [-0.39, 0.29) is 56.9 Å². The summed E-state index contributed by atoms with van der Waals surface area (Å²) in [6.45, 7) is 1.82. The van der Waals surface area contributed by atoms with Gasteiger partial charge in [0.25, 0.3) is 11.8 Å². The topological polar surface area (TPSA) is 132 Å². The van der Waals surface area contributed by atoms with Crippen LogP contribution in [-0.4, -0.2) is 66.9 Å². The van der Waals surface area contributed by atoms with Gasteiger partial charge < -0.3 is 14.3 Å². The molecule has 0 fully saturated rings. The monoisotopic (exact) mass is 523 g/mol. The molecule has 0 saturated heterocycles. The van der Waals surface area contributed by atoms with Crippen LogP contribution in [-0.2, 0) is 24.0 Å². The molecule has 11 nitrogen and oxygen atoms in total. The first-order valence-electron chi connectivity index (χ1n) is 12.5. The molecule has 1 atom stereocenters. The number of carbonyl (C=O) groups is 5. The van der Waals surface area contributed by atoms with E-state index in [1.807, 2.05) is 0 Å². The number of amides is 3. The van der Waals surface area contributed by atoms with Crippen LogP contribution in [0.5, 0.6) is 5.75 Å².